The lowest BCUT2D eigenvalue weighted by Gasteiger charge is -2.13. The maximum atomic E-state index is 11.8. The molecule has 2 nitrogen and oxygen atoms in total. The highest BCUT2D eigenvalue weighted by Crippen LogP contribution is 2.15. The Labute approximate surface area is 112 Å². The van der Waals surface area contributed by atoms with E-state index in [-0.39, 0.29) is 12.6 Å². The van der Waals surface area contributed by atoms with E-state index in [1.165, 1.54) is 0 Å². The highest BCUT2D eigenvalue weighted by atomic mass is 79.9. The maximum absolute atomic E-state index is 11.8. The summed E-state index contributed by atoms with van der Waals surface area (Å²) in [4.78, 5) is 0. The normalized spacial score (nSPS) is 13.6. The third kappa shape index (κ3) is 6.98. The highest BCUT2D eigenvalue weighted by molar-refractivity contribution is 9.10. The maximum Gasteiger partial charge on any atom is 0.411 e. The number of alkyl halides is 3. The summed E-state index contributed by atoms with van der Waals surface area (Å²) < 4.78 is 40.9. The number of ether oxygens (including phenoxy) is 1. The first-order chi connectivity index (χ1) is 8.37. The van der Waals surface area contributed by atoms with Gasteiger partial charge in [0, 0.05) is 17.1 Å². The molecular formula is C12H15BrF3NO. The number of hydrogen-bond donors (Lipinski definition) is 1. The molecule has 1 unspecified atom stereocenters. The largest absolute Gasteiger partial charge is 0.411 e. The predicted molar refractivity (Wildman–Crippen MR) is 67.3 cm³/mol. The molecule has 0 amide bonds. The monoisotopic (exact) mass is 325 g/mol. The van der Waals surface area contributed by atoms with E-state index in [2.05, 4.69) is 20.7 Å². The second kappa shape index (κ2) is 7.11. The molecule has 0 fully saturated rings. The first kappa shape index (κ1) is 15.5. The topological polar surface area (TPSA) is 35.2 Å². The van der Waals surface area contributed by atoms with Crippen LogP contribution in [-0.4, -0.2) is 25.4 Å². The summed E-state index contributed by atoms with van der Waals surface area (Å²) in [5.41, 5.74) is 6.88. The Morgan fingerprint density at radius 2 is 2.06 bits per heavy atom. The molecule has 0 radical (unpaired) electrons. The average molecular weight is 326 g/mol. The molecule has 0 aliphatic rings. The Bertz CT molecular complexity index is 371. The van der Waals surface area contributed by atoms with Crippen LogP contribution in [-0.2, 0) is 11.2 Å². The molecule has 102 valence electrons. The van der Waals surface area contributed by atoms with Crippen molar-refractivity contribution in [2.75, 3.05) is 13.2 Å². The number of hydrogen-bond acceptors (Lipinski definition) is 2. The van der Waals surface area contributed by atoms with Crippen LogP contribution in [0.1, 0.15) is 12.0 Å². The molecule has 18 heavy (non-hydrogen) atoms. The third-order valence-corrected chi connectivity index (χ3v) is 2.78. The Kier molecular flexibility index (Phi) is 6.11. The van der Waals surface area contributed by atoms with E-state index in [0.717, 1.165) is 10.0 Å². The Hall–Kier alpha value is -0.590. The molecule has 0 saturated heterocycles. The van der Waals surface area contributed by atoms with Gasteiger partial charge in [0.15, 0.2) is 0 Å². The summed E-state index contributed by atoms with van der Waals surface area (Å²) in [6.07, 6.45) is -3.24. The fourth-order valence-corrected chi connectivity index (χ4v) is 1.94. The van der Waals surface area contributed by atoms with Gasteiger partial charge in [-0.15, -0.1) is 0 Å². The Balaban J connectivity index is 2.24. The van der Waals surface area contributed by atoms with Gasteiger partial charge in [-0.1, -0.05) is 28.1 Å². The van der Waals surface area contributed by atoms with Gasteiger partial charge >= 0.3 is 6.18 Å². The number of benzene rings is 1. The SMILES string of the molecule is NC(CCOCC(F)(F)F)Cc1cccc(Br)c1. The van der Waals surface area contributed by atoms with Crippen molar-refractivity contribution < 1.29 is 17.9 Å². The van der Waals surface area contributed by atoms with Gasteiger partial charge in [-0.3, -0.25) is 0 Å². The predicted octanol–water partition coefficient (Wildman–Crippen LogP) is 3.29. The Morgan fingerprint density at radius 3 is 2.67 bits per heavy atom. The van der Waals surface area contributed by atoms with Gasteiger partial charge in [0.25, 0.3) is 0 Å². The van der Waals surface area contributed by atoms with E-state index in [9.17, 15) is 13.2 Å². The fourth-order valence-electron chi connectivity index (χ4n) is 1.49. The van der Waals surface area contributed by atoms with Gasteiger partial charge < -0.3 is 10.5 Å². The number of nitrogens with two attached hydrogens (primary N) is 1. The van der Waals surface area contributed by atoms with Gasteiger partial charge in [-0.2, -0.15) is 13.2 Å². The fraction of sp³-hybridized carbons (Fsp3) is 0.500. The second-order valence-corrected chi connectivity index (χ2v) is 4.97. The van der Waals surface area contributed by atoms with E-state index in [4.69, 9.17) is 5.73 Å². The third-order valence-electron chi connectivity index (χ3n) is 2.29. The van der Waals surface area contributed by atoms with E-state index < -0.39 is 12.8 Å². The molecule has 1 atom stereocenters. The van der Waals surface area contributed by atoms with Crippen molar-refractivity contribution in [3.63, 3.8) is 0 Å². The average Bonchev–Trinajstić information content (AvgIpc) is 2.23. The van der Waals surface area contributed by atoms with Crippen molar-refractivity contribution in [3.05, 3.63) is 34.3 Å². The lowest BCUT2D eigenvalue weighted by Crippen LogP contribution is -2.26. The van der Waals surface area contributed by atoms with Gasteiger partial charge in [-0.05, 0) is 30.5 Å². The van der Waals surface area contributed by atoms with Gasteiger partial charge in [0.1, 0.15) is 6.61 Å². The second-order valence-electron chi connectivity index (χ2n) is 4.05. The van der Waals surface area contributed by atoms with Gasteiger partial charge in [0.05, 0.1) is 0 Å². The lowest BCUT2D eigenvalue weighted by atomic mass is 10.0. The summed E-state index contributed by atoms with van der Waals surface area (Å²) >= 11 is 3.35. The quantitative estimate of drug-likeness (QED) is 0.814. The zero-order valence-corrected chi connectivity index (χ0v) is 11.3. The van der Waals surface area contributed by atoms with Gasteiger partial charge in [0.2, 0.25) is 0 Å². The summed E-state index contributed by atoms with van der Waals surface area (Å²) in [7, 11) is 0. The van der Waals surface area contributed by atoms with Crippen molar-refractivity contribution in [1.82, 2.24) is 0 Å². The standard InChI is InChI=1S/C12H15BrF3NO/c13-10-3-1-2-9(6-10)7-11(17)4-5-18-8-12(14,15)16/h1-3,6,11H,4-5,7-8,17H2. The number of rotatable bonds is 6. The van der Waals surface area contributed by atoms with E-state index >= 15 is 0 Å². The van der Waals surface area contributed by atoms with Crippen LogP contribution in [0.25, 0.3) is 0 Å². The summed E-state index contributed by atoms with van der Waals surface area (Å²) in [6.45, 7) is -1.19. The van der Waals surface area contributed by atoms with Crippen LogP contribution in [0, 0.1) is 0 Å². The summed E-state index contributed by atoms with van der Waals surface area (Å²) in [5, 5.41) is 0. The van der Waals surface area contributed by atoms with E-state index in [1.54, 1.807) is 0 Å². The summed E-state index contributed by atoms with van der Waals surface area (Å²) in [5.74, 6) is 0. The van der Waals surface area contributed by atoms with Gasteiger partial charge in [-0.25, -0.2) is 0 Å². The van der Waals surface area contributed by atoms with Crippen LogP contribution in [0.4, 0.5) is 13.2 Å². The van der Waals surface area contributed by atoms with Crippen molar-refractivity contribution in [2.24, 2.45) is 5.73 Å². The molecule has 2 N–H and O–H groups in total. The molecule has 0 spiro atoms. The summed E-state index contributed by atoms with van der Waals surface area (Å²) in [6, 6.07) is 7.47. The molecule has 0 bridgehead atoms. The smallest absolute Gasteiger partial charge is 0.372 e. The minimum Gasteiger partial charge on any atom is -0.372 e. The first-order valence-electron chi connectivity index (χ1n) is 5.51. The number of halogens is 4. The first-order valence-corrected chi connectivity index (χ1v) is 6.30. The minimum absolute atomic E-state index is 0.0225. The van der Waals surface area contributed by atoms with E-state index in [1.807, 2.05) is 24.3 Å². The van der Waals surface area contributed by atoms with Crippen LogP contribution >= 0.6 is 15.9 Å². The van der Waals surface area contributed by atoms with Crippen LogP contribution in [0.2, 0.25) is 0 Å². The highest BCUT2D eigenvalue weighted by Gasteiger charge is 2.27. The van der Waals surface area contributed by atoms with Crippen molar-refractivity contribution in [2.45, 2.75) is 25.1 Å². The van der Waals surface area contributed by atoms with Crippen molar-refractivity contribution in [3.8, 4) is 0 Å². The van der Waals surface area contributed by atoms with Crippen LogP contribution in [0.3, 0.4) is 0 Å². The van der Waals surface area contributed by atoms with Crippen molar-refractivity contribution >= 4 is 15.9 Å². The molecule has 1 aromatic rings. The zero-order chi connectivity index (χ0) is 13.6. The minimum atomic E-state index is -4.27. The van der Waals surface area contributed by atoms with Crippen LogP contribution < -0.4 is 5.73 Å². The molecule has 0 aliphatic carbocycles. The van der Waals surface area contributed by atoms with Crippen LogP contribution in [0.5, 0.6) is 0 Å². The van der Waals surface area contributed by atoms with Crippen LogP contribution in [0.15, 0.2) is 28.7 Å². The van der Waals surface area contributed by atoms with Crippen molar-refractivity contribution in [1.29, 1.82) is 0 Å². The molecule has 0 heterocycles. The molecule has 1 aromatic carbocycles. The zero-order valence-electron chi connectivity index (χ0n) is 9.71. The Morgan fingerprint density at radius 1 is 1.33 bits per heavy atom. The molecule has 0 saturated carbocycles. The molecular weight excluding hydrogens is 311 g/mol. The van der Waals surface area contributed by atoms with E-state index in [0.29, 0.717) is 12.8 Å². The molecule has 1 rings (SSSR count). The molecule has 0 aliphatic heterocycles. The lowest BCUT2D eigenvalue weighted by molar-refractivity contribution is -0.174. The molecule has 6 heteroatoms. The molecule has 0 aromatic heterocycles.